The first-order chi connectivity index (χ1) is 16.1. The predicted octanol–water partition coefficient (Wildman–Crippen LogP) is 5.21. The lowest BCUT2D eigenvalue weighted by Crippen LogP contribution is -2.13. The second-order valence-corrected chi connectivity index (χ2v) is 9.00. The molecule has 3 aromatic rings. The lowest BCUT2D eigenvalue weighted by molar-refractivity contribution is -0.384. The van der Waals surface area contributed by atoms with Gasteiger partial charge in [-0.25, -0.2) is 0 Å². The Kier molecular flexibility index (Phi) is 7.53. The molecule has 0 radical (unpaired) electrons. The fourth-order valence-corrected chi connectivity index (χ4v) is 3.89. The number of hydrogen-bond donors (Lipinski definition) is 1. The summed E-state index contributed by atoms with van der Waals surface area (Å²) in [5.74, 6) is -0.753. The number of nitro benzene ring substituents is 1. The van der Waals surface area contributed by atoms with Gasteiger partial charge in [-0.3, -0.25) is 14.9 Å². The first-order valence-electron chi connectivity index (χ1n) is 9.26. The predicted molar refractivity (Wildman–Crippen MR) is 126 cm³/mol. The maximum Gasteiger partial charge on any atom is 0.339 e. The second-order valence-electron chi connectivity index (χ2n) is 6.61. The highest BCUT2D eigenvalue weighted by atomic mass is 35.5. The summed E-state index contributed by atoms with van der Waals surface area (Å²) in [5.41, 5.74) is 0.165. The molecule has 0 spiro atoms. The lowest BCUT2D eigenvalue weighted by Gasteiger charge is -2.08. The van der Waals surface area contributed by atoms with Gasteiger partial charge >= 0.3 is 10.1 Å². The van der Waals surface area contributed by atoms with Crippen LogP contribution in [-0.4, -0.2) is 19.2 Å². The number of rotatable bonds is 7. The fraction of sp³-hybridized carbons (Fsp3) is 0. The first kappa shape index (κ1) is 24.7. The number of non-ortho nitro benzene ring substituents is 1. The van der Waals surface area contributed by atoms with E-state index in [1.165, 1.54) is 42.5 Å². The van der Waals surface area contributed by atoms with Gasteiger partial charge in [-0.2, -0.15) is 13.7 Å². The van der Waals surface area contributed by atoms with E-state index in [4.69, 9.17) is 27.4 Å². The van der Waals surface area contributed by atoms with Gasteiger partial charge < -0.3 is 9.50 Å². The topological polar surface area (TPSA) is 139 Å². The van der Waals surface area contributed by atoms with Gasteiger partial charge in [-0.15, -0.1) is 0 Å². The van der Waals surface area contributed by atoms with Crippen molar-refractivity contribution in [3.8, 4) is 11.8 Å². The molecule has 0 saturated heterocycles. The highest BCUT2D eigenvalue weighted by Crippen LogP contribution is 2.26. The van der Waals surface area contributed by atoms with Gasteiger partial charge in [-0.05, 0) is 54.1 Å². The summed E-state index contributed by atoms with van der Waals surface area (Å²) in [4.78, 5) is 22.2. The molecule has 0 fully saturated rings. The zero-order valence-electron chi connectivity index (χ0n) is 16.9. The summed E-state index contributed by atoms with van der Waals surface area (Å²) in [6.45, 7) is 0. The van der Waals surface area contributed by atoms with Crippen molar-refractivity contribution in [1.82, 2.24) is 0 Å². The molecule has 12 heteroatoms. The van der Waals surface area contributed by atoms with E-state index in [1.54, 1.807) is 12.1 Å². The summed E-state index contributed by atoms with van der Waals surface area (Å²) >= 11 is 11.9. The van der Waals surface area contributed by atoms with E-state index in [0.29, 0.717) is 10.6 Å². The van der Waals surface area contributed by atoms with Gasteiger partial charge in [0.05, 0.1) is 15.6 Å². The standard InChI is InChI=1S/C22H13Cl2N3O6S/c23-16-3-10-20(24)21(12-16)26-22(28)15(13-25)11-14-1-6-18(7-2-14)33-34(31,32)19-8-4-17(5-9-19)27(29)30/h1-12H,(H,26,28)/b15-11-. The minimum atomic E-state index is -4.23. The Hall–Kier alpha value is -3.91. The SMILES string of the molecule is N#C/C(=C/c1ccc(OS(=O)(=O)c2ccc([N+](=O)[O-])cc2)cc1)C(=O)Nc1cc(Cl)ccc1Cl. The van der Waals surface area contributed by atoms with Gasteiger partial charge in [0.25, 0.3) is 11.6 Å². The number of hydrogen-bond acceptors (Lipinski definition) is 7. The van der Waals surface area contributed by atoms with Crippen molar-refractivity contribution in [2.24, 2.45) is 0 Å². The molecule has 3 rings (SSSR count). The van der Waals surface area contributed by atoms with Crippen LogP contribution >= 0.6 is 23.2 Å². The summed E-state index contributed by atoms with van der Waals surface area (Å²) in [7, 11) is -4.23. The van der Waals surface area contributed by atoms with Crippen molar-refractivity contribution in [1.29, 1.82) is 5.26 Å². The molecular weight excluding hydrogens is 505 g/mol. The number of amides is 1. The average Bonchev–Trinajstić information content (AvgIpc) is 2.80. The average molecular weight is 518 g/mol. The molecule has 1 N–H and O–H groups in total. The Balaban J connectivity index is 1.74. The van der Waals surface area contributed by atoms with Crippen molar-refractivity contribution in [3.63, 3.8) is 0 Å². The van der Waals surface area contributed by atoms with Crippen LogP contribution in [0.5, 0.6) is 5.75 Å². The highest BCUT2D eigenvalue weighted by molar-refractivity contribution is 7.87. The molecule has 0 aromatic heterocycles. The van der Waals surface area contributed by atoms with Crippen LogP contribution in [0.2, 0.25) is 10.0 Å². The Morgan fingerprint density at radius 3 is 2.29 bits per heavy atom. The molecule has 0 aliphatic heterocycles. The number of nitrogens with zero attached hydrogens (tertiary/aromatic N) is 2. The van der Waals surface area contributed by atoms with Crippen molar-refractivity contribution in [2.45, 2.75) is 4.90 Å². The minimum Gasteiger partial charge on any atom is -0.379 e. The van der Waals surface area contributed by atoms with Crippen molar-refractivity contribution < 1.29 is 22.3 Å². The molecule has 9 nitrogen and oxygen atoms in total. The number of nitriles is 1. The zero-order chi connectivity index (χ0) is 24.9. The second kappa shape index (κ2) is 10.4. The van der Waals surface area contributed by atoms with E-state index in [0.717, 1.165) is 24.3 Å². The third kappa shape index (κ3) is 6.11. The van der Waals surface area contributed by atoms with Gasteiger partial charge in [0.2, 0.25) is 0 Å². The van der Waals surface area contributed by atoms with Crippen molar-refractivity contribution in [3.05, 3.63) is 98.0 Å². The quantitative estimate of drug-likeness (QED) is 0.149. The maximum atomic E-state index is 12.4. The van der Waals surface area contributed by atoms with E-state index >= 15 is 0 Å². The molecule has 34 heavy (non-hydrogen) atoms. The normalized spacial score (nSPS) is 11.4. The van der Waals surface area contributed by atoms with Crippen LogP contribution in [0, 0.1) is 21.4 Å². The molecule has 1 amide bonds. The summed E-state index contributed by atoms with van der Waals surface area (Å²) in [6.07, 6.45) is 1.29. The molecule has 3 aromatic carbocycles. The molecule has 0 heterocycles. The molecule has 0 unspecified atom stereocenters. The van der Waals surface area contributed by atoms with Crippen LogP contribution in [0.3, 0.4) is 0 Å². The van der Waals surface area contributed by atoms with E-state index in [2.05, 4.69) is 5.32 Å². The maximum absolute atomic E-state index is 12.4. The van der Waals surface area contributed by atoms with Crippen LogP contribution in [0.15, 0.2) is 77.2 Å². The third-order valence-corrected chi connectivity index (χ3v) is 6.10. The monoisotopic (exact) mass is 517 g/mol. The number of carbonyl (C=O) groups is 1. The summed E-state index contributed by atoms with van der Waals surface area (Å²) in [5, 5.41) is 23.2. The first-order valence-corrected chi connectivity index (χ1v) is 11.4. The molecule has 0 aliphatic carbocycles. The zero-order valence-corrected chi connectivity index (χ0v) is 19.3. The van der Waals surface area contributed by atoms with E-state index in [9.17, 15) is 28.6 Å². The molecule has 0 atom stereocenters. The summed E-state index contributed by atoms with van der Waals surface area (Å²) in [6, 6.07) is 16.0. The van der Waals surface area contributed by atoms with Gasteiger partial charge in [0, 0.05) is 17.2 Å². The molecule has 0 aliphatic rings. The van der Waals surface area contributed by atoms with Crippen molar-refractivity contribution >= 4 is 56.7 Å². The van der Waals surface area contributed by atoms with Crippen LogP contribution in [-0.2, 0) is 14.9 Å². The largest absolute Gasteiger partial charge is 0.379 e. The number of halogens is 2. The van der Waals surface area contributed by atoms with Crippen LogP contribution in [0.25, 0.3) is 6.08 Å². The van der Waals surface area contributed by atoms with Crippen LogP contribution < -0.4 is 9.50 Å². The molecular formula is C22H13Cl2N3O6S. The Morgan fingerprint density at radius 1 is 1.06 bits per heavy atom. The van der Waals surface area contributed by atoms with Crippen molar-refractivity contribution in [2.75, 3.05) is 5.32 Å². The van der Waals surface area contributed by atoms with Gasteiger partial charge in [0.15, 0.2) is 0 Å². The number of carbonyl (C=O) groups excluding carboxylic acids is 1. The number of benzene rings is 3. The fourth-order valence-electron chi connectivity index (χ4n) is 2.63. The van der Waals surface area contributed by atoms with Gasteiger partial charge in [-0.1, -0.05) is 35.3 Å². The Labute approximate surface area is 204 Å². The smallest absolute Gasteiger partial charge is 0.339 e. The van der Waals surface area contributed by atoms with E-state index in [1.807, 2.05) is 0 Å². The van der Waals surface area contributed by atoms with E-state index in [-0.39, 0.29) is 32.6 Å². The third-order valence-electron chi connectivity index (χ3n) is 4.27. The number of nitrogens with one attached hydrogen (secondary N) is 1. The van der Waals surface area contributed by atoms with Crippen LogP contribution in [0.4, 0.5) is 11.4 Å². The summed E-state index contributed by atoms with van der Waals surface area (Å²) < 4.78 is 29.8. The molecule has 0 bridgehead atoms. The Morgan fingerprint density at radius 2 is 1.71 bits per heavy atom. The number of nitro groups is 1. The Bertz CT molecular complexity index is 1430. The van der Waals surface area contributed by atoms with Gasteiger partial charge in [0.1, 0.15) is 22.3 Å². The minimum absolute atomic E-state index is 0.0378. The molecule has 0 saturated carbocycles. The lowest BCUT2D eigenvalue weighted by atomic mass is 10.1. The van der Waals surface area contributed by atoms with E-state index < -0.39 is 20.9 Å². The molecule has 172 valence electrons. The highest BCUT2D eigenvalue weighted by Gasteiger charge is 2.18. The van der Waals surface area contributed by atoms with Crippen LogP contribution in [0.1, 0.15) is 5.56 Å². The number of anilines is 1.